The zero-order valence-corrected chi connectivity index (χ0v) is 9.79. The third-order valence-electron chi connectivity index (χ3n) is 2.57. The molecule has 1 amide bonds. The minimum absolute atomic E-state index is 0.00894. The van der Waals surface area contributed by atoms with Gasteiger partial charge in [-0.25, -0.2) is 0 Å². The van der Waals surface area contributed by atoms with Gasteiger partial charge in [-0.2, -0.15) is 5.10 Å². The van der Waals surface area contributed by atoms with E-state index in [1.165, 1.54) is 0 Å². The molecule has 2 rings (SSSR count). The summed E-state index contributed by atoms with van der Waals surface area (Å²) in [6, 6.07) is 7.77. The first kappa shape index (κ1) is 11.6. The van der Waals surface area contributed by atoms with Crippen LogP contribution in [0.3, 0.4) is 0 Å². The second-order valence-electron chi connectivity index (χ2n) is 3.85. The number of fused-ring (bicyclic) bond motifs is 1. The van der Waals surface area contributed by atoms with Gasteiger partial charge < -0.3 is 10.6 Å². The Morgan fingerprint density at radius 1 is 1.35 bits per heavy atom. The van der Waals surface area contributed by atoms with Crippen LogP contribution in [0.1, 0.15) is 5.69 Å². The standard InChI is InChI=1S/C12H16N4O/c1-13-6-7-14-12(17)8-11-9-4-2-3-5-10(9)15-16-11/h2-5,13H,6-8H2,1H3,(H,14,17)(H,15,16). The highest BCUT2D eigenvalue weighted by molar-refractivity contribution is 5.87. The number of rotatable bonds is 5. The Bertz CT molecular complexity index is 506. The van der Waals surface area contributed by atoms with Gasteiger partial charge in [-0.15, -0.1) is 0 Å². The number of benzene rings is 1. The van der Waals surface area contributed by atoms with Crippen LogP contribution in [0.5, 0.6) is 0 Å². The van der Waals surface area contributed by atoms with Crippen LogP contribution in [0.25, 0.3) is 10.9 Å². The van der Waals surface area contributed by atoms with Gasteiger partial charge in [0.05, 0.1) is 17.6 Å². The Hall–Kier alpha value is -1.88. The van der Waals surface area contributed by atoms with Gasteiger partial charge in [-0.1, -0.05) is 18.2 Å². The van der Waals surface area contributed by atoms with E-state index in [0.29, 0.717) is 13.0 Å². The van der Waals surface area contributed by atoms with Crippen molar-refractivity contribution in [3.8, 4) is 0 Å². The molecule has 1 heterocycles. The number of amides is 1. The van der Waals surface area contributed by atoms with Crippen LogP contribution in [0, 0.1) is 0 Å². The van der Waals surface area contributed by atoms with E-state index in [0.717, 1.165) is 23.1 Å². The molecule has 5 heteroatoms. The van der Waals surface area contributed by atoms with Crippen molar-refractivity contribution in [1.29, 1.82) is 0 Å². The summed E-state index contributed by atoms with van der Waals surface area (Å²) in [4.78, 5) is 11.6. The summed E-state index contributed by atoms with van der Waals surface area (Å²) in [6.07, 6.45) is 0.338. The number of nitrogens with one attached hydrogen (secondary N) is 3. The van der Waals surface area contributed by atoms with E-state index in [9.17, 15) is 4.79 Å². The molecule has 0 aliphatic carbocycles. The Labute approximate surface area is 99.6 Å². The molecule has 0 aliphatic heterocycles. The normalized spacial score (nSPS) is 10.6. The van der Waals surface area contributed by atoms with Crippen LogP contribution < -0.4 is 10.6 Å². The van der Waals surface area contributed by atoms with E-state index in [2.05, 4.69) is 20.8 Å². The van der Waals surface area contributed by atoms with Crippen molar-refractivity contribution in [2.24, 2.45) is 0 Å². The van der Waals surface area contributed by atoms with Crippen molar-refractivity contribution in [3.05, 3.63) is 30.0 Å². The number of aromatic nitrogens is 2. The third kappa shape index (κ3) is 2.82. The molecule has 1 aromatic heterocycles. The number of H-pyrrole nitrogens is 1. The van der Waals surface area contributed by atoms with Crippen LogP contribution in [0.15, 0.2) is 24.3 Å². The van der Waals surface area contributed by atoms with E-state index >= 15 is 0 Å². The lowest BCUT2D eigenvalue weighted by atomic mass is 10.1. The molecule has 17 heavy (non-hydrogen) atoms. The topological polar surface area (TPSA) is 69.8 Å². The fraction of sp³-hybridized carbons (Fsp3) is 0.333. The van der Waals surface area contributed by atoms with Gasteiger partial charge in [0.15, 0.2) is 0 Å². The number of nitrogens with zero attached hydrogens (tertiary/aromatic N) is 1. The van der Waals surface area contributed by atoms with E-state index in [4.69, 9.17) is 0 Å². The van der Waals surface area contributed by atoms with Gasteiger partial charge in [0.1, 0.15) is 0 Å². The highest BCUT2D eigenvalue weighted by Gasteiger charge is 2.08. The Kier molecular flexibility index (Phi) is 3.72. The quantitative estimate of drug-likeness (QED) is 0.655. The smallest absolute Gasteiger partial charge is 0.226 e. The van der Waals surface area contributed by atoms with Crippen molar-refractivity contribution >= 4 is 16.8 Å². The van der Waals surface area contributed by atoms with E-state index in [1.54, 1.807) is 0 Å². The highest BCUT2D eigenvalue weighted by Crippen LogP contribution is 2.15. The molecule has 0 fully saturated rings. The predicted molar refractivity (Wildman–Crippen MR) is 66.7 cm³/mol. The van der Waals surface area contributed by atoms with Gasteiger partial charge in [-0.3, -0.25) is 9.89 Å². The monoisotopic (exact) mass is 232 g/mol. The van der Waals surface area contributed by atoms with E-state index in [1.807, 2.05) is 31.3 Å². The first-order valence-electron chi connectivity index (χ1n) is 5.64. The van der Waals surface area contributed by atoms with Crippen molar-refractivity contribution in [1.82, 2.24) is 20.8 Å². The first-order chi connectivity index (χ1) is 8.31. The van der Waals surface area contributed by atoms with Gasteiger partial charge in [0.2, 0.25) is 5.91 Å². The molecule has 90 valence electrons. The average Bonchev–Trinajstić information content (AvgIpc) is 2.73. The molecule has 0 atom stereocenters. The lowest BCUT2D eigenvalue weighted by Crippen LogP contribution is -2.31. The number of likely N-dealkylation sites (N-methyl/N-ethyl adjacent to an activating group) is 1. The number of hydrogen-bond acceptors (Lipinski definition) is 3. The Morgan fingerprint density at radius 3 is 3.00 bits per heavy atom. The number of carbonyl (C=O) groups is 1. The molecular formula is C12H16N4O. The summed E-state index contributed by atoms with van der Waals surface area (Å²) in [5.74, 6) is 0.00894. The van der Waals surface area contributed by atoms with Crippen molar-refractivity contribution in [2.75, 3.05) is 20.1 Å². The maximum absolute atomic E-state index is 11.6. The van der Waals surface area contributed by atoms with Crippen LogP contribution in [0.4, 0.5) is 0 Å². The van der Waals surface area contributed by atoms with E-state index < -0.39 is 0 Å². The number of carbonyl (C=O) groups excluding carboxylic acids is 1. The summed E-state index contributed by atoms with van der Waals surface area (Å²) >= 11 is 0. The second-order valence-corrected chi connectivity index (χ2v) is 3.85. The predicted octanol–water partition coefficient (Wildman–Crippen LogP) is 0.441. The van der Waals surface area contributed by atoms with Gasteiger partial charge >= 0.3 is 0 Å². The van der Waals surface area contributed by atoms with Crippen molar-refractivity contribution < 1.29 is 4.79 Å². The maximum Gasteiger partial charge on any atom is 0.226 e. The minimum Gasteiger partial charge on any atom is -0.354 e. The minimum atomic E-state index is 0.00894. The summed E-state index contributed by atoms with van der Waals surface area (Å²) < 4.78 is 0. The molecule has 5 nitrogen and oxygen atoms in total. The van der Waals surface area contributed by atoms with Gasteiger partial charge in [0.25, 0.3) is 0 Å². The van der Waals surface area contributed by atoms with Crippen LogP contribution in [-0.4, -0.2) is 36.2 Å². The van der Waals surface area contributed by atoms with Gasteiger partial charge in [-0.05, 0) is 13.1 Å². The molecule has 0 saturated carbocycles. The SMILES string of the molecule is CNCCNC(=O)Cc1[nH]nc2ccccc12. The third-order valence-corrected chi connectivity index (χ3v) is 2.57. The molecule has 0 unspecified atom stereocenters. The summed E-state index contributed by atoms with van der Waals surface area (Å²) in [7, 11) is 1.86. The lowest BCUT2D eigenvalue weighted by molar-refractivity contribution is -0.120. The Morgan fingerprint density at radius 2 is 2.18 bits per heavy atom. The summed E-state index contributed by atoms with van der Waals surface area (Å²) in [5, 5.41) is 13.9. The summed E-state index contributed by atoms with van der Waals surface area (Å²) in [5.41, 5.74) is 1.76. The van der Waals surface area contributed by atoms with E-state index in [-0.39, 0.29) is 5.91 Å². The van der Waals surface area contributed by atoms with Gasteiger partial charge in [0, 0.05) is 18.5 Å². The van der Waals surface area contributed by atoms with Crippen molar-refractivity contribution in [2.45, 2.75) is 6.42 Å². The van der Waals surface area contributed by atoms with Crippen molar-refractivity contribution in [3.63, 3.8) is 0 Å². The summed E-state index contributed by atoms with van der Waals surface area (Å²) in [6.45, 7) is 1.41. The zero-order chi connectivity index (χ0) is 12.1. The first-order valence-corrected chi connectivity index (χ1v) is 5.64. The fourth-order valence-electron chi connectivity index (χ4n) is 1.70. The molecular weight excluding hydrogens is 216 g/mol. The van der Waals surface area contributed by atoms with Crippen LogP contribution >= 0.6 is 0 Å². The van der Waals surface area contributed by atoms with Crippen LogP contribution in [0.2, 0.25) is 0 Å². The molecule has 0 aliphatic rings. The number of para-hydroxylation sites is 1. The molecule has 1 aromatic carbocycles. The number of hydrogen-bond donors (Lipinski definition) is 3. The largest absolute Gasteiger partial charge is 0.354 e. The molecule has 0 spiro atoms. The molecule has 2 aromatic rings. The zero-order valence-electron chi connectivity index (χ0n) is 9.79. The molecule has 0 saturated heterocycles. The highest BCUT2D eigenvalue weighted by atomic mass is 16.1. The molecule has 3 N–H and O–H groups in total. The molecule has 0 bridgehead atoms. The van der Waals surface area contributed by atoms with Crippen LogP contribution in [-0.2, 0) is 11.2 Å². The average molecular weight is 232 g/mol. The fourth-order valence-corrected chi connectivity index (χ4v) is 1.70. The Balaban J connectivity index is 2.01. The molecule has 0 radical (unpaired) electrons. The maximum atomic E-state index is 11.6. The number of aromatic amines is 1. The second kappa shape index (κ2) is 5.45. The lowest BCUT2D eigenvalue weighted by Gasteiger charge is -2.03.